The van der Waals surface area contributed by atoms with Gasteiger partial charge in [0.25, 0.3) is 0 Å². The Kier molecular flexibility index (Phi) is 2.58. The van der Waals surface area contributed by atoms with Crippen molar-refractivity contribution in [2.24, 2.45) is 0 Å². The first-order valence-corrected chi connectivity index (χ1v) is 5.09. The number of hydrogen-bond donors (Lipinski definition) is 1. The molecule has 1 saturated carbocycles. The van der Waals surface area contributed by atoms with Crippen LogP contribution < -0.4 is 4.74 Å². The molecule has 0 aliphatic heterocycles. The Morgan fingerprint density at radius 1 is 1.60 bits per heavy atom. The highest BCUT2D eigenvalue weighted by molar-refractivity contribution is 5.92. The smallest absolute Gasteiger partial charge is 0.339 e. The van der Waals surface area contributed by atoms with E-state index in [4.69, 9.17) is 9.84 Å². The molecular weight excluding hydrogens is 194 g/mol. The van der Waals surface area contributed by atoms with Gasteiger partial charge in [-0.25, -0.2) is 4.79 Å². The van der Waals surface area contributed by atoms with Gasteiger partial charge in [-0.05, 0) is 24.8 Å². The SMILES string of the molecule is CCc1cncc(OC2CC2)c1C(=O)O. The average Bonchev–Trinajstić information content (AvgIpc) is 3.01. The highest BCUT2D eigenvalue weighted by Gasteiger charge is 2.26. The summed E-state index contributed by atoms with van der Waals surface area (Å²) < 4.78 is 5.52. The van der Waals surface area contributed by atoms with E-state index in [1.165, 1.54) is 6.20 Å². The summed E-state index contributed by atoms with van der Waals surface area (Å²) in [6.07, 6.45) is 5.93. The van der Waals surface area contributed by atoms with E-state index in [0.29, 0.717) is 12.2 Å². The molecule has 1 aliphatic rings. The first-order valence-electron chi connectivity index (χ1n) is 5.09. The Labute approximate surface area is 87.9 Å². The maximum atomic E-state index is 11.1. The van der Waals surface area contributed by atoms with E-state index in [0.717, 1.165) is 18.4 Å². The molecule has 4 nitrogen and oxygen atoms in total. The van der Waals surface area contributed by atoms with Gasteiger partial charge in [-0.1, -0.05) is 6.92 Å². The number of nitrogens with zero attached hydrogens (tertiary/aromatic N) is 1. The molecule has 0 saturated heterocycles. The minimum atomic E-state index is -0.940. The quantitative estimate of drug-likeness (QED) is 0.818. The van der Waals surface area contributed by atoms with Gasteiger partial charge in [0.2, 0.25) is 0 Å². The topological polar surface area (TPSA) is 59.4 Å². The molecule has 15 heavy (non-hydrogen) atoms. The van der Waals surface area contributed by atoms with E-state index in [-0.39, 0.29) is 11.7 Å². The second-order valence-corrected chi connectivity index (χ2v) is 3.65. The van der Waals surface area contributed by atoms with Gasteiger partial charge >= 0.3 is 5.97 Å². The lowest BCUT2D eigenvalue weighted by molar-refractivity contribution is 0.0690. The van der Waals surface area contributed by atoms with E-state index >= 15 is 0 Å². The fraction of sp³-hybridized carbons (Fsp3) is 0.455. The molecule has 1 N–H and O–H groups in total. The zero-order valence-corrected chi connectivity index (χ0v) is 8.56. The van der Waals surface area contributed by atoms with Crippen molar-refractivity contribution in [1.29, 1.82) is 0 Å². The van der Waals surface area contributed by atoms with Gasteiger partial charge < -0.3 is 9.84 Å². The minimum absolute atomic E-state index is 0.192. The van der Waals surface area contributed by atoms with Gasteiger partial charge in [0.05, 0.1) is 12.3 Å². The molecule has 1 heterocycles. The fourth-order valence-electron chi connectivity index (χ4n) is 1.45. The van der Waals surface area contributed by atoms with Crippen molar-refractivity contribution in [2.45, 2.75) is 32.3 Å². The van der Waals surface area contributed by atoms with Crippen molar-refractivity contribution >= 4 is 5.97 Å². The summed E-state index contributed by atoms with van der Waals surface area (Å²) >= 11 is 0. The lowest BCUT2D eigenvalue weighted by atomic mass is 10.1. The molecule has 1 aliphatic carbocycles. The van der Waals surface area contributed by atoms with Gasteiger partial charge in [-0.15, -0.1) is 0 Å². The van der Waals surface area contributed by atoms with Crippen LogP contribution in [-0.4, -0.2) is 22.2 Å². The summed E-state index contributed by atoms with van der Waals surface area (Å²) in [7, 11) is 0. The average molecular weight is 207 g/mol. The van der Waals surface area contributed by atoms with Crippen molar-refractivity contribution in [3.8, 4) is 5.75 Å². The molecule has 80 valence electrons. The predicted molar refractivity (Wildman–Crippen MR) is 54.2 cm³/mol. The summed E-state index contributed by atoms with van der Waals surface area (Å²) in [6, 6.07) is 0. The van der Waals surface area contributed by atoms with Crippen molar-refractivity contribution < 1.29 is 14.6 Å². The summed E-state index contributed by atoms with van der Waals surface area (Å²) in [5, 5.41) is 9.10. The third-order valence-corrected chi connectivity index (χ3v) is 2.40. The Morgan fingerprint density at radius 2 is 2.33 bits per heavy atom. The van der Waals surface area contributed by atoms with Crippen LogP contribution in [0, 0.1) is 0 Å². The van der Waals surface area contributed by atoms with Crippen molar-refractivity contribution in [2.75, 3.05) is 0 Å². The summed E-state index contributed by atoms with van der Waals surface area (Å²) in [6.45, 7) is 1.91. The number of rotatable bonds is 4. The third-order valence-electron chi connectivity index (χ3n) is 2.40. The van der Waals surface area contributed by atoms with Gasteiger partial charge in [-0.3, -0.25) is 4.98 Å². The van der Waals surface area contributed by atoms with Crippen molar-refractivity contribution in [3.05, 3.63) is 23.5 Å². The molecule has 0 atom stereocenters. The van der Waals surface area contributed by atoms with Crippen LogP contribution in [0.1, 0.15) is 35.7 Å². The molecule has 2 rings (SSSR count). The molecule has 0 aromatic carbocycles. The molecule has 1 aromatic heterocycles. The first-order chi connectivity index (χ1) is 7.22. The van der Waals surface area contributed by atoms with E-state index < -0.39 is 5.97 Å². The van der Waals surface area contributed by atoms with Crippen LogP contribution in [-0.2, 0) is 6.42 Å². The van der Waals surface area contributed by atoms with Gasteiger partial charge in [0.15, 0.2) is 5.75 Å². The second-order valence-electron chi connectivity index (χ2n) is 3.65. The van der Waals surface area contributed by atoms with E-state index in [2.05, 4.69) is 4.98 Å². The molecule has 0 unspecified atom stereocenters. The Hall–Kier alpha value is -1.58. The van der Waals surface area contributed by atoms with Crippen LogP contribution >= 0.6 is 0 Å². The van der Waals surface area contributed by atoms with Crippen LogP contribution in [0.25, 0.3) is 0 Å². The second kappa shape index (κ2) is 3.88. The summed E-state index contributed by atoms with van der Waals surface area (Å²) in [5.41, 5.74) is 0.986. The lowest BCUT2D eigenvalue weighted by Crippen LogP contribution is -2.08. The third kappa shape index (κ3) is 2.09. The number of pyridine rings is 1. The van der Waals surface area contributed by atoms with Gasteiger partial charge in [0, 0.05) is 6.20 Å². The van der Waals surface area contributed by atoms with Crippen molar-refractivity contribution in [1.82, 2.24) is 4.98 Å². The normalized spacial score (nSPS) is 15.0. The van der Waals surface area contributed by atoms with Crippen LogP contribution in [0.5, 0.6) is 5.75 Å². The standard InChI is InChI=1S/C11H13NO3/c1-2-7-5-12-6-9(10(7)11(13)14)15-8-3-4-8/h5-6,8H,2-4H2,1H3,(H,13,14). The number of ether oxygens (including phenoxy) is 1. The number of hydrogen-bond acceptors (Lipinski definition) is 3. The number of carboxylic acid groups (broad SMARTS) is 1. The number of carbonyl (C=O) groups is 1. The monoisotopic (exact) mass is 207 g/mol. The molecule has 0 amide bonds. The van der Waals surface area contributed by atoms with E-state index in [1.54, 1.807) is 6.20 Å². The summed E-state index contributed by atoms with van der Waals surface area (Å²) in [4.78, 5) is 15.1. The van der Waals surface area contributed by atoms with Gasteiger partial charge in [-0.2, -0.15) is 0 Å². The Balaban J connectivity index is 2.37. The van der Waals surface area contributed by atoms with Crippen LogP contribution in [0.4, 0.5) is 0 Å². The zero-order chi connectivity index (χ0) is 10.8. The molecule has 4 heteroatoms. The van der Waals surface area contributed by atoms with Crippen LogP contribution in [0.3, 0.4) is 0 Å². The van der Waals surface area contributed by atoms with E-state index in [9.17, 15) is 4.79 Å². The predicted octanol–water partition coefficient (Wildman–Crippen LogP) is 1.88. The first kappa shape index (κ1) is 9.96. The van der Waals surface area contributed by atoms with Crippen LogP contribution in [0.15, 0.2) is 12.4 Å². The maximum absolute atomic E-state index is 11.1. The largest absolute Gasteiger partial charge is 0.488 e. The van der Waals surface area contributed by atoms with Crippen molar-refractivity contribution in [3.63, 3.8) is 0 Å². The van der Waals surface area contributed by atoms with E-state index in [1.807, 2.05) is 6.92 Å². The van der Waals surface area contributed by atoms with Gasteiger partial charge in [0.1, 0.15) is 5.56 Å². The van der Waals surface area contributed by atoms with Crippen LogP contribution in [0.2, 0.25) is 0 Å². The number of aryl methyl sites for hydroxylation is 1. The zero-order valence-electron chi connectivity index (χ0n) is 8.56. The number of aromatic carboxylic acids is 1. The highest BCUT2D eigenvalue weighted by atomic mass is 16.5. The lowest BCUT2D eigenvalue weighted by Gasteiger charge is -2.10. The molecule has 0 radical (unpaired) electrons. The Bertz CT molecular complexity index is 385. The molecular formula is C11H13NO3. The molecule has 1 aromatic rings. The molecule has 1 fully saturated rings. The maximum Gasteiger partial charge on any atom is 0.339 e. The summed E-state index contributed by atoms with van der Waals surface area (Å²) in [5.74, 6) is -0.533. The highest BCUT2D eigenvalue weighted by Crippen LogP contribution is 2.30. The Morgan fingerprint density at radius 3 is 2.87 bits per heavy atom. The minimum Gasteiger partial charge on any atom is -0.488 e. The number of aromatic nitrogens is 1. The number of carboxylic acids is 1. The molecule has 0 spiro atoms. The molecule has 0 bridgehead atoms. The fourth-order valence-corrected chi connectivity index (χ4v) is 1.45.